The Balaban J connectivity index is 2.07. The Bertz CT molecular complexity index is 643. The van der Waals surface area contributed by atoms with Crippen molar-refractivity contribution in [1.29, 1.82) is 0 Å². The Morgan fingerprint density at radius 3 is 2.52 bits per heavy atom. The van der Waals surface area contributed by atoms with Crippen molar-refractivity contribution in [3.63, 3.8) is 0 Å². The van der Waals surface area contributed by atoms with Crippen LogP contribution in [0.4, 0.5) is 5.69 Å². The molecule has 0 radical (unpaired) electrons. The Hall–Kier alpha value is -2.01. The Morgan fingerprint density at radius 2 is 1.81 bits per heavy atom. The predicted molar refractivity (Wildman–Crippen MR) is 86.0 cm³/mol. The van der Waals surface area contributed by atoms with Crippen LogP contribution in [0.3, 0.4) is 0 Å². The minimum absolute atomic E-state index is 0.0998. The van der Waals surface area contributed by atoms with E-state index in [2.05, 4.69) is 21.2 Å². The number of amides is 1. The van der Waals surface area contributed by atoms with Gasteiger partial charge in [-0.2, -0.15) is 0 Å². The number of halogens is 1. The third kappa shape index (κ3) is 4.23. The normalized spacial score (nSPS) is 10.0. The molecular formula is C16H16BrNO3. The molecule has 5 heteroatoms. The first-order valence-electron chi connectivity index (χ1n) is 6.38. The number of hydrogen-bond acceptors (Lipinski definition) is 3. The molecule has 21 heavy (non-hydrogen) atoms. The molecule has 2 rings (SSSR count). The fourth-order valence-electron chi connectivity index (χ4n) is 1.89. The van der Waals surface area contributed by atoms with Gasteiger partial charge in [-0.15, -0.1) is 0 Å². The number of nitrogens with one attached hydrogen (secondary N) is 1. The third-order valence-corrected chi connectivity index (χ3v) is 3.64. The number of methoxy groups -OCH3 is 2. The van der Waals surface area contributed by atoms with E-state index in [1.807, 2.05) is 36.4 Å². The third-order valence-electron chi connectivity index (χ3n) is 2.95. The fraction of sp³-hybridized carbons (Fsp3) is 0.188. The van der Waals surface area contributed by atoms with Crippen LogP contribution in [0.1, 0.15) is 5.56 Å². The number of anilines is 1. The molecule has 2 aromatic carbocycles. The monoisotopic (exact) mass is 349 g/mol. The van der Waals surface area contributed by atoms with Crippen molar-refractivity contribution in [2.45, 2.75) is 6.42 Å². The summed E-state index contributed by atoms with van der Waals surface area (Å²) >= 11 is 3.41. The average molecular weight is 350 g/mol. The molecule has 0 fully saturated rings. The van der Waals surface area contributed by atoms with Crippen LogP contribution in [0, 0.1) is 0 Å². The van der Waals surface area contributed by atoms with Crippen LogP contribution in [0.2, 0.25) is 0 Å². The maximum absolute atomic E-state index is 12.1. The van der Waals surface area contributed by atoms with Crippen LogP contribution in [-0.2, 0) is 11.2 Å². The molecule has 0 spiro atoms. The molecule has 0 aromatic heterocycles. The Kier molecular flexibility index (Phi) is 5.22. The van der Waals surface area contributed by atoms with Crippen LogP contribution in [-0.4, -0.2) is 20.1 Å². The van der Waals surface area contributed by atoms with Crippen molar-refractivity contribution < 1.29 is 14.3 Å². The zero-order chi connectivity index (χ0) is 15.2. The lowest BCUT2D eigenvalue weighted by Crippen LogP contribution is -2.14. The summed E-state index contributed by atoms with van der Waals surface area (Å²) < 4.78 is 11.1. The lowest BCUT2D eigenvalue weighted by molar-refractivity contribution is -0.115. The van der Waals surface area contributed by atoms with E-state index in [1.54, 1.807) is 20.3 Å². The molecule has 0 heterocycles. The second-order valence-corrected chi connectivity index (χ2v) is 5.28. The number of benzene rings is 2. The van der Waals surface area contributed by atoms with Crippen molar-refractivity contribution in [2.24, 2.45) is 0 Å². The summed E-state index contributed by atoms with van der Waals surface area (Å²) in [4.78, 5) is 12.1. The zero-order valence-corrected chi connectivity index (χ0v) is 13.4. The second-order valence-electron chi connectivity index (χ2n) is 4.42. The number of rotatable bonds is 5. The second kappa shape index (κ2) is 7.13. The highest BCUT2D eigenvalue weighted by molar-refractivity contribution is 9.10. The van der Waals surface area contributed by atoms with Gasteiger partial charge in [-0.1, -0.05) is 12.1 Å². The first kappa shape index (κ1) is 15.4. The quantitative estimate of drug-likeness (QED) is 0.896. The van der Waals surface area contributed by atoms with Crippen molar-refractivity contribution >= 4 is 27.5 Å². The fourth-order valence-corrected chi connectivity index (χ4v) is 2.24. The standard InChI is InChI=1S/C16H16BrNO3/c1-20-12-5-3-4-11(8-12)9-16(19)18-15-10-13(21-2)6-7-14(15)17/h3-8,10H,9H2,1-2H3,(H,18,19). The molecule has 1 amide bonds. The number of ether oxygens (including phenoxy) is 2. The molecule has 0 bridgehead atoms. The first-order valence-corrected chi connectivity index (χ1v) is 7.18. The van der Waals surface area contributed by atoms with Gasteiger partial charge in [0.25, 0.3) is 0 Å². The summed E-state index contributed by atoms with van der Waals surface area (Å²) in [7, 11) is 3.19. The molecule has 0 saturated heterocycles. The Morgan fingerprint density at radius 1 is 1.10 bits per heavy atom. The minimum atomic E-state index is -0.0998. The van der Waals surface area contributed by atoms with E-state index in [9.17, 15) is 4.79 Å². The van der Waals surface area contributed by atoms with Crippen molar-refractivity contribution in [3.05, 3.63) is 52.5 Å². The predicted octanol–water partition coefficient (Wildman–Crippen LogP) is 3.65. The Labute approximate surface area is 132 Å². The smallest absolute Gasteiger partial charge is 0.228 e. The topological polar surface area (TPSA) is 47.6 Å². The summed E-state index contributed by atoms with van der Waals surface area (Å²) in [5.41, 5.74) is 1.58. The molecule has 0 aliphatic rings. The van der Waals surface area contributed by atoms with Gasteiger partial charge in [0.15, 0.2) is 0 Å². The van der Waals surface area contributed by atoms with Crippen LogP contribution >= 0.6 is 15.9 Å². The lowest BCUT2D eigenvalue weighted by atomic mass is 10.1. The van der Waals surface area contributed by atoms with E-state index < -0.39 is 0 Å². The zero-order valence-electron chi connectivity index (χ0n) is 11.9. The van der Waals surface area contributed by atoms with Crippen LogP contribution in [0.15, 0.2) is 46.9 Å². The van der Waals surface area contributed by atoms with Gasteiger partial charge in [0.1, 0.15) is 11.5 Å². The van der Waals surface area contributed by atoms with Gasteiger partial charge in [-0.05, 0) is 45.8 Å². The number of carbonyl (C=O) groups is 1. The maximum Gasteiger partial charge on any atom is 0.228 e. The molecule has 110 valence electrons. The van der Waals surface area contributed by atoms with E-state index >= 15 is 0 Å². The van der Waals surface area contributed by atoms with Gasteiger partial charge in [0, 0.05) is 10.5 Å². The first-order chi connectivity index (χ1) is 10.1. The van der Waals surface area contributed by atoms with Gasteiger partial charge >= 0.3 is 0 Å². The summed E-state index contributed by atoms with van der Waals surface area (Å²) in [5, 5.41) is 2.86. The van der Waals surface area contributed by atoms with Crippen LogP contribution in [0.25, 0.3) is 0 Å². The molecule has 4 nitrogen and oxygen atoms in total. The highest BCUT2D eigenvalue weighted by Gasteiger charge is 2.08. The molecular weight excluding hydrogens is 334 g/mol. The number of hydrogen-bond donors (Lipinski definition) is 1. The van der Waals surface area contributed by atoms with Gasteiger partial charge in [0.2, 0.25) is 5.91 Å². The van der Waals surface area contributed by atoms with Crippen LogP contribution < -0.4 is 14.8 Å². The largest absolute Gasteiger partial charge is 0.497 e. The van der Waals surface area contributed by atoms with Crippen LogP contribution in [0.5, 0.6) is 11.5 Å². The van der Waals surface area contributed by atoms with Gasteiger partial charge < -0.3 is 14.8 Å². The molecule has 0 aliphatic carbocycles. The van der Waals surface area contributed by atoms with Gasteiger partial charge in [0.05, 0.1) is 26.3 Å². The van der Waals surface area contributed by atoms with Crippen molar-refractivity contribution in [1.82, 2.24) is 0 Å². The van der Waals surface area contributed by atoms with E-state index in [-0.39, 0.29) is 12.3 Å². The average Bonchev–Trinajstić information content (AvgIpc) is 2.49. The van der Waals surface area contributed by atoms with Gasteiger partial charge in [-0.3, -0.25) is 4.79 Å². The summed E-state index contributed by atoms with van der Waals surface area (Å²) in [5.74, 6) is 1.33. The summed E-state index contributed by atoms with van der Waals surface area (Å²) in [6, 6.07) is 12.9. The highest BCUT2D eigenvalue weighted by atomic mass is 79.9. The van der Waals surface area contributed by atoms with E-state index in [1.165, 1.54) is 0 Å². The molecule has 1 N–H and O–H groups in total. The van der Waals surface area contributed by atoms with Gasteiger partial charge in [-0.25, -0.2) is 0 Å². The minimum Gasteiger partial charge on any atom is -0.497 e. The SMILES string of the molecule is COc1cccc(CC(=O)Nc2cc(OC)ccc2Br)c1. The lowest BCUT2D eigenvalue weighted by Gasteiger charge is -2.10. The van der Waals surface area contributed by atoms with E-state index in [0.717, 1.165) is 15.8 Å². The van der Waals surface area contributed by atoms with Crippen molar-refractivity contribution in [3.8, 4) is 11.5 Å². The van der Waals surface area contributed by atoms with E-state index in [4.69, 9.17) is 9.47 Å². The summed E-state index contributed by atoms with van der Waals surface area (Å²) in [6.45, 7) is 0. The summed E-state index contributed by atoms with van der Waals surface area (Å²) in [6.07, 6.45) is 0.279. The molecule has 0 unspecified atom stereocenters. The molecule has 0 aliphatic heterocycles. The van der Waals surface area contributed by atoms with E-state index in [0.29, 0.717) is 11.4 Å². The highest BCUT2D eigenvalue weighted by Crippen LogP contribution is 2.27. The maximum atomic E-state index is 12.1. The van der Waals surface area contributed by atoms with Crippen molar-refractivity contribution in [2.75, 3.05) is 19.5 Å². The molecule has 0 atom stereocenters. The number of carbonyl (C=O) groups excluding carboxylic acids is 1. The molecule has 2 aromatic rings. The molecule has 0 saturated carbocycles.